The third-order valence-electron chi connectivity index (χ3n) is 2.68. The zero-order chi connectivity index (χ0) is 11.7. The van der Waals surface area contributed by atoms with E-state index in [9.17, 15) is 5.11 Å². The molecule has 0 saturated carbocycles. The summed E-state index contributed by atoms with van der Waals surface area (Å²) >= 11 is 3.46. The molecule has 16 heavy (non-hydrogen) atoms. The fourth-order valence-electron chi connectivity index (χ4n) is 1.88. The van der Waals surface area contributed by atoms with Gasteiger partial charge in [-0.25, -0.2) is 0 Å². The Balaban J connectivity index is 2.47. The molecule has 2 nitrogen and oxygen atoms in total. The number of aliphatic hydroxyl groups is 1. The molecule has 0 spiro atoms. The first-order valence-electron chi connectivity index (χ1n) is 5.49. The third kappa shape index (κ3) is 2.15. The predicted octanol–water partition coefficient (Wildman–Crippen LogP) is 4.34. The highest BCUT2D eigenvalue weighted by Crippen LogP contribution is 2.30. The van der Waals surface area contributed by atoms with Gasteiger partial charge in [0.1, 0.15) is 17.4 Å². The number of fused-ring (bicyclic) bond motifs is 1. The standard InChI is InChI=1S/C13H15BrO2/c1-3-4-11(15)12-7-9-6-10(14)5-8(2)13(9)16-12/h5-7,11,15H,3-4H2,1-2H3. The highest BCUT2D eigenvalue weighted by molar-refractivity contribution is 9.10. The molecule has 1 unspecified atom stereocenters. The van der Waals surface area contributed by atoms with E-state index in [2.05, 4.69) is 15.9 Å². The molecule has 1 atom stereocenters. The van der Waals surface area contributed by atoms with E-state index in [4.69, 9.17) is 4.42 Å². The molecule has 2 rings (SSSR count). The van der Waals surface area contributed by atoms with E-state index in [1.165, 1.54) is 0 Å². The maximum atomic E-state index is 9.88. The Labute approximate surface area is 103 Å². The maximum absolute atomic E-state index is 9.88. The molecule has 0 aliphatic rings. The average Bonchev–Trinajstić information content (AvgIpc) is 2.62. The molecule has 0 saturated heterocycles. The number of benzene rings is 1. The molecule has 3 heteroatoms. The molecule has 2 aromatic rings. The summed E-state index contributed by atoms with van der Waals surface area (Å²) in [6, 6.07) is 5.95. The fraction of sp³-hybridized carbons (Fsp3) is 0.385. The van der Waals surface area contributed by atoms with Crippen molar-refractivity contribution in [2.45, 2.75) is 32.8 Å². The normalized spacial score (nSPS) is 13.2. The maximum Gasteiger partial charge on any atom is 0.137 e. The van der Waals surface area contributed by atoms with Crippen LogP contribution in [0.4, 0.5) is 0 Å². The lowest BCUT2D eigenvalue weighted by molar-refractivity contribution is 0.141. The van der Waals surface area contributed by atoms with Gasteiger partial charge in [-0.2, -0.15) is 0 Å². The summed E-state index contributed by atoms with van der Waals surface area (Å²) in [7, 11) is 0. The number of halogens is 1. The van der Waals surface area contributed by atoms with Crippen molar-refractivity contribution in [3.63, 3.8) is 0 Å². The second-order valence-corrected chi connectivity index (χ2v) is 5.01. The van der Waals surface area contributed by atoms with E-state index >= 15 is 0 Å². The van der Waals surface area contributed by atoms with Crippen molar-refractivity contribution in [3.8, 4) is 0 Å². The number of rotatable bonds is 3. The van der Waals surface area contributed by atoms with Crippen LogP contribution in [0, 0.1) is 6.92 Å². The molecule has 0 radical (unpaired) electrons. The molecule has 0 bridgehead atoms. The van der Waals surface area contributed by atoms with E-state index in [1.54, 1.807) is 0 Å². The van der Waals surface area contributed by atoms with Gasteiger partial charge in [-0.3, -0.25) is 0 Å². The number of furan rings is 1. The minimum atomic E-state index is -0.490. The Bertz CT molecular complexity index is 502. The van der Waals surface area contributed by atoms with Gasteiger partial charge in [0.15, 0.2) is 0 Å². The predicted molar refractivity (Wildman–Crippen MR) is 68.5 cm³/mol. The van der Waals surface area contributed by atoms with Crippen molar-refractivity contribution in [3.05, 3.63) is 34.0 Å². The quantitative estimate of drug-likeness (QED) is 0.909. The topological polar surface area (TPSA) is 33.4 Å². The van der Waals surface area contributed by atoms with Crippen LogP contribution in [-0.4, -0.2) is 5.11 Å². The smallest absolute Gasteiger partial charge is 0.137 e. The molecule has 1 heterocycles. The second-order valence-electron chi connectivity index (χ2n) is 4.09. The minimum Gasteiger partial charge on any atom is -0.458 e. The van der Waals surface area contributed by atoms with E-state index in [0.717, 1.165) is 33.8 Å². The molecule has 0 amide bonds. The lowest BCUT2D eigenvalue weighted by Crippen LogP contribution is -1.93. The van der Waals surface area contributed by atoms with Crippen LogP contribution in [0.15, 0.2) is 27.1 Å². The summed E-state index contributed by atoms with van der Waals surface area (Å²) in [5.41, 5.74) is 1.95. The van der Waals surface area contributed by atoms with E-state index in [-0.39, 0.29) is 0 Å². The SMILES string of the molecule is CCCC(O)c1cc2cc(Br)cc(C)c2o1. The molecule has 0 aliphatic heterocycles. The van der Waals surface area contributed by atoms with Gasteiger partial charge < -0.3 is 9.52 Å². The number of hydrogen-bond donors (Lipinski definition) is 1. The van der Waals surface area contributed by atoms with E-state index in [1.807, 2.05) is 32.0 Å². The first-order valence-corrected chi connectivity index (χ1v) is 6.28. The van der Waals surface area contributed by atoms with Crippen molar-refractivity contribution in [2.24, 2.45) is 0 Å². The minimum absolute atomic E-state index is 0.490. The molecule has 1 N–H and O–H groups in total. The average molecular weight is 283 g/mol. The van der Waals surface area contributed by atoms with Gasteiger partial charge in [0.25, 0.3) is 0 Å². The van der Waals surface area contributed by atoms with Gasteiger partial charge in [0, 0.05) is 9.86 Å². The highest BCUT2D eigenvalue weighted by Gasteiger charge is 2.13. The summed E-state index contributed by atoms with van der Waals surface area (Å²) in [6.07, 6.45) is 1.19. The van der Waals surface area contributed by atoms with Gasteiger partial charge in [0.05, 0.1) is 0 Å². The Kier molecular flexibility index (Phi) is 3.36. The molecule has 1 aromatic heterocycles. The van der Waals surface area contributed by atoms with Gasteiger partial charge in [-0.05, 0) is 37.1 Å². The Morgan fingerprint density at radius 2 is 2.12 bits per heavy atom. The molecular weight excluding hydrogens is 268 g/mol. The van der Waals surface area contributed by atoms with Crippen LogP contribution in [0.1, 0.15) is 37.2 Å². The zero-order valence-corrected chi connectivity index (χ0v) is 11.0. The molecular formula is C13H15BrO2. The molecule has 0 aliphatic carbocycles. The third-order valence-corrected chi connectivity index (χ3v) is 3.13. The second kappa shape index (κ2) is 4.60. The number of aryl methyl sites for hydroxylation is 1. The van der Waals surface area contributed by atoms with Crippen molar-refractivity contribution < 1.29 is 9.52 Å². The lowest BCUT2D eigenvalue weighted by Gasteiger charge is -2.03. The Hall–Kier alpha value is -0.800. The van der Waals surface area contributed by atoms with Crippen LogP contribution < -0.4 is 0 Å². The summed E-state index contributed by atoms with van der Waals surface area (Å²) in [5, 5.41) is 10.9. The van der Waals surface area contributed by atoms with Crippen molar-refractivity contribution in [1.29, 1.82) is 0 Å². The fourth-order valence-corrected chi connectivity index (χ4v) is 2.47. The van der Waals surface area contributed by atoms with Crippen LogP contribution in [-0.2, 0) is 0 Å². The molecule has 0 fully saturated rings. The first kappa shape index (κ1) is 11.7. The lowest BCUT2D eigenvalue weighted by atomic mass is 10.1. The van der Waals surface area contributed by atoms with Crippen LogP contribution in [0.2, 0.25) is 0 Å². The molecule has 86 valence electrons. The van der Waals surface area contributed by atoms with Gasteiger partial charge >= 0.3 is 0 Å². The van der Waals surface area contributed by atoms with Crippen LogP contribution in [0.25, 0.3) is 11.0 Å². The van der Waals surface area contributed by atoms with Crippen LogP contribution in [0.3, 0.4) is 0 Å². The number of aliphatic hydroxyl groups excluding tert-OH is 1. The monoisotopic (exact) mass is 282 g/mol. The number of hydrogen-bond acceptors (Lipinski definition) is 2. The van der Waals surface area contributed by atoms with Gasteiger partial charge in [-0.1, -0.05) is 29.3 Å². The summed E-state index contributed by atoms with van der Waals surface area (Å²) < 4.78 is 6.73. The Morgan fingerprint density at radius 1 is 1.38 bits per heavy atom. The van der Waals surface area contributed by atoms with Crippen molar-refractivity contribution >= 4 is 26.9 Å². The zero-order valence-electron chi connectivity index (χ0n) is 9.46. The largest absolute Gasteiger partial charge is 0.458 e. The summed E-state index contributed by atoms with van der Waals surface area (Å²) in [4.78, 5) is 0. The van der Waals surface area contributed by atoms with E-state index in [0.29, 0.717) is 5.76 Å². The van der Waals surface area contributed by atoms with Crippen LogP contribution in [0.5, 0.6) is 0 Å². The van der Waals surface area contributed by atoms with Gasteiger partial charge in [0.2, 0.25) is 0 Å². The first-order chi connectivity index (χ1) is 7.61. The summed E-state index contributed by atoms with van der Waals surface area (Å²) in [5.74, 6) is 0.665. The van der Waals surface area contributed by atoms with Gasteiger partial charge in [-0.15, -0.1) is 0 Å². The van der Waals surface area contributed by atoms with Crippen molar-refractivity contribution in [1.82, 2.24) is 0 Å². The highest BCUT2D eigenvalue weighted by atomic mass is 79.9. The summed E-state index contributed by atoms with van der Waals surface area (Å²) in [6.45, 7) is 4.06. The van der Waals surface area contributed by atoms with Crippen molar-refractivity contribution in [2.75, 3.05) is 0 Å². The van der Waals surface area contributed by atoms with E-state index < -0.39 is 6.10 Å². The Morgan fingerprint density at radius 3 is 2.81 bits per heavy atom. The van der Waals surface area contributed by atoms with Crippen LogP contribution >= 0.6 is 15.9 Å². The molecule has 1 aromatic carbocycles.